The molecule has 1 saturated heterocycles. The Morgan fingerprint density at radius 1 is 1.33 bits per heavy atom. The van der Waals surface area contributed by atoms with Crippen LogP contribution in [-0.4, -0.2) is 41.3 Å². The zero-order valence-corrected chi connectivity index (χ0v) is 13.9. The van der Waals surface area contributed by atoms with E-state index >= 15 is 0 Å². The van der Waals surface area contributed by atoms with E-state index in [1.165, 1.54) is 32.0 Å². The highest BCUT2D eigenvalue weighted by molar-refractivity contribution is 6.30. The van der Waals surface area contributed by atoms with Gasteiger partial charge in [0.15, 0.2) is 0 Å². The van der Waals surface area contributed by atoms with Gasteiger partial charge in [0.1, 0.15) is 23.8 Å². The van der Waals surface area contributed by atoms with Crippen molar-refractivity contribution in [2.45, 2.75) is 32.6 Å². The maximum absolute atomic E-state index is 14.1. The first-order valence-electron chi connectivity index (χ1n) is 7.36. The monoisotopic (exact) mass is 358 g/mol. The van der Waals surface area contributed by atoms with Crippen molar-refractivity contribution in [2.75, 3.05) is 6.54 Å². The number of rotatable bonds is 4. The summed E-state index contributed by atoms with van der Waals surface area (Å²) >= 11 is 5.67. The van der Waals surface area contributed by atoms with Gasteiger partial charge in [0, 0.05) is 19.0 Å². The Bertz CT molecular complexity index is 683. The van der Waals surface area contributed by atoms with E-state index in [2.05, 4.69) is 5.32 Å². The summed E-state index contributed by atoms with van der Waals surface area (Å²) in [6, 6.07) is 3.10. The fraction of sp³-hybridized carbons (Fsp3) is 0.438. The van der Waals surface area contributed by atoms with Gasteiger partial charge in [-0.1, -0.05) is 23.7 Å². The number of benzene rings is 1. The number of carbonyl (C=O) groups excluding carboxylic acids is 3. The van der Waals surface area contributed by atoms with E-state index in [0.29, 0.717) is 0 Å². The van der Waals surface area contributed by atoms with Crippen LogP contribution in [0.25, 0.3) is 0 Å². The number of halogens is 3. The van der Waals surface area contributed by atoms with Gasteiger partial charge in [0.25, 0.3) is 0 Å². The average Bonchev–Trinajstić information content (AvgIpc) is 2.86. The van der Waals surface area contributed by atoms with Crippen LogP contribution in [0.4, 0.5) is 8.78 Å². The van der Waals surface area contributed by atoms with Crippen LogP contribution in [0.15, 0.2) is 18.2 Å². The molecule has 5 nitrogen and oxygen atoms in total. The van der Waals surface area contributed by atoms with Crippen LogP contribution in [0.2, 0.25) is 5.02 Å². The van der Waals surface area contributed by atoms with Crippen molar-refractivity contribution in [3.05, 3.63) is 34.6 Å². The smallest absolute Gasteiger partial charge is 0.243 e. The van der Waals surface area contributed by atoms with Crippen LogP contribution >= 0.6 is 11.6 Å². The molecule has 8 heteroatoms. The van der Waals surface area contributed by atoms with Gasteiger partial charge in [0.2, 0.25) is 11.8 Å². The Balaban J connectivity index is 2.17. The molecular formula is C16H17ClF2N2O3. The van der Waals surface area contributed by atoms with Gasteiger partial charge in [-0.3, -0.25) is 14.4 Å². The fourth-order valence-electron chi connectivity index (χ4n) is 2.88. The highest BCUT2D eigenvalue weighted by Gasteiger charge is 2.49. The molecule has 130 valence electrons. The molecule has 1 unspecified atom stereocenters. The Morgan fingerprint density at radius 2 is 2.00 bits per heavy atom. The standard InChI is InChI=1S/C16H17ClF2N2O3/c1-8(22)13-12(18)7-21(9(2)23)15(13)16(24)20-6-10-4-3-5-11(17)14(10)19/h3-5,12-13,15H,6-7H2,1-2H3,(H,20,24)/t12-,13?,15-/m0/s1. The predicted molar refractivity (Wildman–Crippen MR) is 83.5 cm³/mol. The lowest BCUT2D eigenvalue weighted by molar-refractivity contribution is -0.139. The van der Waals surface area contributed by atoms with Crippen molar-refractivity contribution in [3.63, 3.8) is 0 Å². The van der Waals surface area contributed by atoms with Crippen LogP contribution in [0.5, 0.6) is 0 Å². The Morgan fingerprint density at radius 3 is 2.58 bits per heavy atom. The van der Waals surface area contributed by atoms with E-state index in [4.69, 9.17) is 11.6 Å². The van der Waals surface area contributed by atoms with Gasteiger partial charge in [-0.2, -0.15) is 0 Å². The molecule has 0 saturated carbocycles. The lowest BCUT2D eigenvalue weighted by Gasteiger charge is -2.25. The number of hydrogen-bond donors (Lipinski definition) is 1. The minimum Gasteiger partial charge on any atom is -0.350 e. The van der Waals surface area contributed by atoms with Crippen molar-refractivity contribution >= 4 is 29.2 Å². The van der Waals surface area contributed by atoms with Crippen LogP contribution in [0.3, 0.4) is 0 Å². The molecule has 1 aromatic carbocycles. The quantitative estimate of drug-likeness (QED) is 0.893. The highest BCUT2D eigenvalue weighted by Crippen LogP contribution is 2.28. The number of carbonyl (C=O) groups is 3. The zero-order valence-electron chi connectivity index (χ0n) is 13.2. The second-order valence-electron chi connectivity index (χ2n) is 5.70. The topological polar surface area (TPSA) is 66.5 Å². The van der Waals surface area contributed by atoms with Crippen molar-refractivity contribution in [3.8, 4) is 0 Å². The summed E-state index contributed by atoms with van der Waals surface area (Å²) < 4.78 is 27.9. The number of Topliss-reactive ketones (excluding diaryl/α,β-unsaturated/α-hetero) is 1. The Hall–Kier alpha value is -2.02. The van der Waals surface area contributed by atoms with E-state index in [1.54, 1.807) is 0 Å². The van der Waals surface area contributed by atoms with E-state index < -0.39 is 41.5 Å². The predicted octanol–water partition coefficient (Wildman–Crippen LogP) is 1.87. The molecule has 1 aliphatic rings. The molecule has 1 fully saturated rings. The summed E-state index contributed by atoms with van der Waals surface area (Å²) in [4.78, 5) is 36.8. The van der Waals surface area contributed by atoms with E-state index in [0.717, 1.165) is 4.90 Å². The maximum atomic E-state index is 14.1. The molecule has 1 heterocycles. The maximum Gasteiger partial charge on any atom is 0.243 e. The van der Waals surface area contributed by atoms with Gasteiger partial charge >= 0.3 is 0 Å². The van der Waals surface area contributed by atoms with Crippen molar-refractivity contribution < 1.29 is 23.2 Å². The molecule has 0 aromatic heterocycles. The molecule has 2 amide bonds. The second-order valence-corrected chi connectivity index (χ2v) is 6.11. The highest BCUT2D eigenvalue weighted by atomic mass is 35.5. The Labute approximate surface area is 143 Å². The summed E-state index contributed by atoms with van der Waals surface area (Å²) in [5, 5.41) is 2.36. The molecule has 0 bridgehead atoms. The molecule has 3 atom stereocenters. The lowest BCUT2D eigenvalue weighted by atomic mass is 9.94. The van der Waals surface area contributed by atoms with Gasteiger partial charge in [0.05, 0.1) is 17.5 Å². The first-order valence-corrected chi connectivity index (χ1v) is 7.74. The van der Waals surface area contributed by atoms with Gasteiger partial charge in [-0.15, -0.1) is 0 Å². The van der Waals surface area contributed by atoms with Crippen LogP contribution in [0, 0.1) is 11.7 Å². The van der Waals surface area contributed by atoms with Crippen molar-refractivity contribution in [2.24, 2.45) is 5.92 Å². The van der Waals surface area contributed by atoms with E-state index in [-0.39, 0.29) is 23.7 Å². The third-order valence-corrected chi connectivity index (χ3v) is 4.36. The number of likely N-dealkylation sites (tertiary alicyclic amines) is 1. The number of alkyl halides is 1. The molecule has 2 rings (SSSR count). The molecular weight excluding hydrogens is 342 g/mol. The minimum atomic E-state index is -1.61. The molecule has 0 spiro atoms. The number of hydrogen-bond acceptors (Lipinski definition) is 3. The number of nitrogens with zero attached hydrogens (tertiary/aromatic N) is 1. The fourth-order valence-corrected chi connectivity index (χ4v) is 3.08. The number of ketones is 1. The third-order valence-electron chi connectivity index (χ3n) is 4.06. The summed E-state index contributed by atoms with van der Waals surface area (Å²) in [6.45, 7) is 1.88. The average molecular weight is 359 g/mol. The molecule has 0 radical (unpaired) electrons. The van der Waals surface area contributed by atoms with Gasteiger partial charge < -0.3 is 10.2 Å². The lowest BCUT2D eigenvalue weighted by Crippen LogP contribution is -2.49. The molecule has 1 aliphatic heterocycles. The van der Waals surface area contributed by atoms with Crippen molar-refractivity contribution in [1.82, 2.24) is 10.2 Å². The van der Waals surface area contributed by atoms with Crippen LogP contribution in [-0.2, 0) is 20.9 Å². The number of nitrogens with one attached hydrogen (secondary N) is 1. The van der Waals surface area contributed by atoms with E-state index in [1.807, 2.05) is 0 Å². The SMILES string of the molecule is CC(=O)C1[C@@H](C(=O)NCc2cccc(Cl)c2F)N(C(C)=O)C[C@@H]1F. The third kappa shape index (κ3) is 3.56. The molecule has 1 aromatic rings. The van der Waals surface area contributed by atoms with Gasteiger partial charge in [-0.25, -0.2) is 8.78 Å². The first-order chi connectivity index (χ1) is 11.2. The largest absolute Gasteiger partial charge is 0.350 e. The van der Waals surface area contributed by atoms with Gasteiger partial charge in [-0.05, 0) is 13.0 Å². The second kappa shape index (κ2) is 7.25. The van der Waals surface area contributed by atoms with E-state index in [9.17, 15) is 23.2 Å². The Kier molecular flexibility index (Phi) is 5.54. The molecule has 24 heavy (non-hydrogen) atoms. The summed E-state index contributed by atoms with van der Waals surface area (Å²) in [5.74, 6) is -3.61. The number of amides is 2. The minimum absolute atomic E-state index is 0.0848. The first kappa shape index (κ1) is 18.3. The van der Waals surface area contributed by atoms with Crippen LogP contribution in [0.1, 0.15) is 19.4 Å². The van der Waals surface area contributed by atoms with Crippen LogP contribution < -0.4 is 5.32 Å². The normalized spacial score (nSPS) is 23.2. The molecule has 1 N–H and O–H groups in total. The molecule has 0 aliphatic carbocycles. The summed E-state index contributed by atoms with van der Waals surface area (Å²) in [6.07, 6.45) is -1.61. The summed E-state index contributed by atoms with van der Waals surface area (Å²) in [7, 11) is 0. The summed E-state index contributed by atoms with van der Waals surface area (Å²) in [5.41, 5.74) is 0.152. The zero-order chi connectivity index (χ0) is 18.0. The van der Waals surface area contributed by atoms with Crippen molar-refractivity contribution in [1.29, 1.82) is 0 Å².